The second-order valence-corrected chi connectivity index (χ2v) is 7.61. The van der Waals surface area contributed by atoms with Crippen LogP contribution in [-0.4, -0.2) is 34.1 Å². The van der Waals surface area contributed by atoms with E-state index >= 15 is 0 Å². The van der Waals surface area contributed by atoms with E-state index in [0.717, 1.165) is 22.8 Å². The van der Waals surface area contributed by atoms with Crippen molar-refractivity contribution in [1.82, 2.24) is 9.97 Å². The first kappa shape index (κ1) is 19.1. The molecule has 6 nitrogen and oxygen atoms in total. The largest absolute Gasteiger partial charge is 0.481 e. The van der Waals surface area contributed by atoms with E-state index in [1.807, 2.05) is 13.0 Å². The first-order valence-corrected chi connectivity index (χ1v) is 9.55. The van der Waals surface area contributed by atoms with Crippen LogP contribution >= 0.6 is 0 Å². The number of nitrogens with one attached hydrogen (secondary N) is 1. The third-order valence-corrected chi connectivity index (χ3v) is 5.17. The molecule has 2 heterocycles. The number of rotatable bonds is 5. The topological polar surface area (TPSA) is 78.4 Å². The van der Waals surface area contributed by atoms with Gasteiger partial charge < -0.3 is 15.3 Å². The Labute approximate surface area is 160 Å². The highest BCUT2D eigenvalue weighted by Gasteiger charge is 2.25. The molecule has 1 aromatic heterocycles. The average Bonchev–Trinajstić information content (AvgIpc) is 2.63. The van der Waals surface area contributed by atoms with E-state index in [2.05, 4.69) is 54.2 Å². The highest BCUT2D eigenvalue weighted by Crippen LogP contribution is 2.30. The normalized spacial score (nSPS) is 15.2. The molecule has 6 heteroatoms. The molecule has 1 aliphatic rings. The Morgan fingerprint density at radius 2 is 1.93 bits per heavy atom. The molecule has 0 bridgehead atoms. The van der Waals surface area contributed by atoms with Gasteiger partial charge in [0.05, 0.1) is 5.92 Å². The number of carbonyl (C=O) groups is 1. The van der Waals surface area contributed by atoms with Gasteiger partial charge in [-0.3, -0.25) is 4.79 Å². The predicted molar refractivity (Wildman–Crippen MR) is 108 cm³/mol. The van der Waals surface area contributed by atoms with E-state index in [0.29, 0.717) is 37.8 Å². The molecule has 1 fully saturated rings. The molecule has 0 radical (unpaired) electrons. The van der Waals surface area contributed by atoms with Crippen LogP contribution in [-0.2, 0) is 4.79 Å². The third-order valence-electron chi connectivity index (χ3n) is 5.17. The summed E-state index contributed by atoms with van der Waals surface area (Å²) in [7, 11) is 0. The second kappa shape index (κ2) is 7.94. The van der Waals surface area contributed by atoms with Gasteiger partial charge in [-0.2, -0.15) is 4.98 Å². The van der Waals surface area contributed by atoms with Crippen molar-refractivity contribution in [2.45, 2.75) is 46.5 Å². The van der Waals surface area contributed by atoms with Crippen LogP contribution in [0.15, 0.2) is 24.3 Å². The van der Waals surface area contributed by atoms with Crippen molar-refractivity contribution in [2.24, 2.45) is 5.92 Å². The van der Waals surface area contributed by atoms with Crippen LogP contribution in [0.4, 0.5) is 17.5 Å². The number of carboxylic acid groups (broad SMARTS) is 1. The molecule has 144 valence electrons. The van der Waals surface area contributed by atoms with Crippen LogP contribution in [0.2, 0.25) is 0 Å². The fraction of sp³-hybridized carbons (Fsp3) is 0.476. The molecule has 0 spiro atoms. The maximum atomic E-state index is 11.2. The van der Waals surface area contributed by atoms with Crippen LogP contribution in [0.3, 0.4) is 0 Å². The second-order valence-electron chi connectivity index (χ2n) is 7.61. The van der Waals surface area contributed by atoms with Crippen LogP contribution in [0.25, 0.3) is 0 Å². The fourth-order valence-electron chi connectivity index (χ4n) is 3.58. The van der Waals surface area contributed by atoms with Crippen molar-refractivity contribution in [3.63, 3.8) is 0 Å². The SMILES string of the molecule is Cc1cc(N2CCC(C(=O)O)CC2)nc(Nc2c(C)cccc2C(C)C)n1. The number of hydrogen-bond acceptors (Lipinski definition) is 5. The van der Waals surface area contributed by atoms with Crippen molar-refractivity contribution >= 4 is 23.4 Å². The monoisotopic (exact) mass is 368 g/mol. The number of benzene rings is 1. The maximum Gasteiger partial charge on any atom is 0.306 e. The van der Waals surface area contributed by atoms with Crippen molar-refractivity contribution in [3.8, 4) is 0 Å². The number of hydrogen-bond donors (Lipinski definition) is 2. The fourth-order valence-corrected chi connectivity index (χ4v) is 3.58. The lowest BCUT2D eigenvalue weighted by molar-refractivity contribution is -0.142. The summed E-state index contributed by atoms with van der Waals surface area (Å²) in [5.41, 5.74) is 4.36. The van der Waals surface area contributed by atoms with Crippen LogP contribution < -0.4 is 10.2 Å². The van der Waals surface area contributed by atoms with E-state index in [-0.39, 0.29) is 5.92 Å². The van der Waals surface area contributed by atoms with E-state index < -0.39 is 5.97 Å². The number of para-hydroxylation sites is 1. The van der Waals surface area contributed by atoms with E-state index in [9.17, 15) is 9.90 Å². The van der Waals surface area contributed by atoms with Gasteiger partial charge in [0.15, 0.2) is 0 Å². The number of piperidine rings is 1. The Kier molecular flexibility index (Phi) is 5.63. The molecule has 2 N–H and O–H groups in total. The molecular formula is C21H28N4O2. The number of nitrogens with zero attached hydrogens (tertiary/aromatic N) is 3. The van der Waals surface area contributed by atoms with Crippen molar-refractivity contribution in [1.29, 1.82) is 0 Å². The lowest BCUT2D eigenvalue weighted by atomic mass is 9.97. The number of aryl methyl sites for hydroxylation is 2. The predicted octanol–water partition coefficient (Wildman–Crippen LogP) is 4.26. The minimum atomic E-state index is -0.698. The highest BCUT2D eigenvalue weighted by atomic mass is 16.4. The average molecular weight is 368 g/mol. The maximum absolute atomic E-state index is 11.2. The summed E-state index contributed by atoms with van der Waals surface area (Å²) in [4.78, 5) is 22.6. The molecule has 3 rings (SSSR count). The Bertz CT molecular complexity index is 827. The van der Waals surface area contributed by atoms with E-state index in [1.54, 1.807) is 0 Å². The summed E-state index contributed by atoms with van der Waals surface area (Å²) < 4.78 is 0. The lowest BCUT2D eigenvalue weighted by Crippen LogP contribution is -2.36. The summed E-state index contributed by atoms with van der Waals surface area (Å²) in [6.45, 7) is 9.80. The van der Waals surface area contributed by atoms with Crippen LogP contribution in [0.1, 0.15) is 49.4 Å². The Morgan fingerprint density at radius 3 is 2.56 bits per heavy atom. The van der Waals surface area contributed by atoms with Crippen molar-refractivity contribution < 1.29 is 9.90 Å². The van der Waals surface area contributed by atoms with E-state index in [4.69, 9.17) is 4.98 Å². The highest BCUT2D eigenvalue weighted by molar-refractivity contribution is 5.70. The molecule has 0 unspecified atom stereocenters. The number of aromatic nitrogens is 2. The van der Waals surface area contributed by atoms with E-state index in [1.165, 1.54) is 5.56 Å². The van der Waals surface area contributed by atoms with Gasteiger partial charge >= 0.3 is 5.97 Å². The molecule has 2 aromatic rings. The van der Waals surface area contributed by atoms with Gasteiger partial charge in [0.25, 0.3) is 0 Å². The van der Waals surface area contributed by atoms with Gasteiger partial charge in [0.2, 0.25) is 5.95 Å². The van der Waals surface area contributed by atoms with Crippen LogP contribution in [0.5, 0.6) is 0 Å². The zero-order chi connectivity index (χ0) is 19.6. The molecule has 0 aliphatic carbocycles. The zero-order valence-electron chi connectivity index (χ0n) is 16.5. The quantitative estimate of drug-likeness (QED) is 0.821. The molecular weight excluding hydrogens is 340 g/mol. The Hall–Kier alpha value is -2.63. The Balaban J connectivity index is 1.84. The lowest BCUT2D eigenvalue weighted by Gasteiger charge is -2.31. The standard InChI is InChI=1S/C21H28N4O2/c1-13(2)17-7-5-6-14(3)19(17)24-21-22-15(4)12-18(23-21)25-10-8-16(9-11-25)20(26)27/h5-7,12-13,16H,8-11H2,1-4H3,(H,26,27)(H,22,23,24). The summed E-state index contributed by atoms with van der Waals surface area (Å²) in [6, 6.07) is 8.26. The summed E-state index contributed by atoms with van der Waals surface area (Å²) in [5.74, 6) is 0.890. The first-order valence-electron chi connectivity index (χ1n) is 9.55. The molecule has 0 amide bonds. The first-order chi connectivity index (χ1) is 12.8. The minimum Gasteiger partial charge on any atom is -0.481 e. The smallest absolute Gasteiger partial charge is 0.306 e. The molecule has 1 saturated heterocycles. The number of aliphatic carboxylic acids is 1. The molecule has 1 aromatic carbocycles. The van der Waals surface area contributed by atoms with Gasteiger partial charge in [0, 0.05) is 30.5 Å². The molecule has 0 saturated carbocycles. The summed E-state index contributed by atoms with van der Waals surface area (Å²) in [6.07, 6.45) is 1.30. The van der Waals surface area contributed by atoms with Gasteiger partial charge in [-0.25, -0.2) is 4.98 Å². The van der Waals surface area contributed by atoms with Gasteiger partial charge in [-0.05, 0) is 43.7 Å². The van der Waals surface area contributed by atoms with Crippen LogP contribution in [0, 0.1) is 19.8 Å². The molecule has 1 aliphatic heterocycles. The Morgan fingerprint density at radius 1 is 1.22 bits per heavy atom. The molecule has 0 atom stereocenters. The van der Waals surface area contributed by atoms with Gasteiger partial charge in [-0.15, -0.1) is 0 Å². The van der Waals surface area contributed by atoms with Crippen molar-refractivity contribution in [3.05, 3.63) is 41.1 Å². The zero-order valence-corrected chi connectivity index (χ0v) is 16.5. The minimum absolute atomic E-state index is 0.248. The van der Waals surface area contributed by atoms with Gasteiger partial charge in [-0.1, -0.05) is 32.0 Å². The number of anilines is 3. The summed E-state index contributed by atoms with van der Waals surface area (Å²) in [5, 5.41) is 12.6. The third kappa shape index (κ3) is 4.38. The molecule has 27 heavy (non-hydrogen) atoms. The number of carboxylic acids is 1. The van der Waals surface area contributed by atoms with Gasteiger partial charge in [0.1, 0.15) is 5.82 Å². The summed E-state index contributed by atoms with van der Waals surface area (Å²) >= 11 is 0. The van der Waals surface area contributed by atoms with Crippen molar-refractivity contribution in [2.75, 3.05) is 23.3 Å².